The minimum atomic E-state index is 0.833. The molecule has 7 aromatic rings. The average molecular weight is 526 g/mol. The molecule has 2 aromatic heterocycles. The summed E-state index contributed by atoms with van der Waals surface area (Å²) in [4.78, 5) is 4.61. The second kappa shape index (κ2) is 9.65. The molecular formula is C38H27N3. The van der Waals surface area contributed by atoms with Crippen molar-refractivity contribution in [1.29, 1.82) is 0 Å². The van der Waals surface area contributed by atoms with E-state index in [2.05, 4.69) is 142 Å². The smallest absolute Gasteiger partial charge is 0.0619 e. The molecule has 0 amide bonds. The van der Waals surface area contributed by atoms with Gasteiger partial charge in [-0.25, -0.2) is 0 Å². The maximum absolute atomic E-state index is 4.61. The van der Waals surface area contributed by atoms with Crippen LogP contribution in [0, 0.1) is 0 Å². The third-order valence-electron chi connectivity index (χ3n) is 8.09. The lowest BCUT2D eigenvalue weighted by Gasteiger charge is -2.12. The van der Waals surface area contributed by atoms with Crippen LogP contribution in [0.25, 0.3) is 66.1 Å². The molecule has 0 spiro atoms. The Labute approximate surface area is 238 Å². The van der Waals surface area contributed by atoms with Crippen molar-refractivity contribution >= 4 is 38.2 Å². The van der Waals surface area contributed by atoms with Gasteiger partial charge in [0.05, 0.1) is 11.0 Å². The summed E-state index contributed by atoms with van der Waals surface area (Å²) in [6.07, 6.45) is 10.2. The Kier molecular flexibility index (Phi) is 5.53. The SMILES string of the molecule is C1=CC(c2cncc(-c3ccc4c5ccc6cc(-c7ccccc7)ccc6c5n(-c5ccccc5)c4c3)c2)=CCN1. The van der Waals surface area contributed by atoms with E-state index in [0.29, 0.717) is 0 Å². The number of allylic oxidation sites excluding steroid dienone is 2. The van der Waals surface area contributed by atoms with Crippen LogP contribution in [0.15, 0.2) is 146 Å². The molecule has 5 aromatic carbocycles. The van der Waals surface area contributed by atoms with Gasteiger partial charge in [0, 0.05) is 51.9 Å². The molecule has 0 saturated heterocycles. The number of pyridine rings is 1. The van der Waals surface area contributed by atoms with Crippen LogP contribution in [-0.4, -0.2) is 16.1 Å². The normalized spacial score (nSPS) is 13.0. The summed E-state index contributed by atoms with van der Waals surface area (Å²) >= 11 is 0. The lowest BCUT2D eigenvalue weighted by Crippen LogP contribution is -2.08. The molecule has 8 rings (SSSR count). The van der Waals surface area contributed by atoms with Crippen LogP contribution in [0.5, 0.6) is 0 Å². The summed E-state index contributed by atoms with van der Waals surface area (Å²) in [5.74, 6) is 0. The van der Waals surface area contributed by atoms with E-state index in [1.165, 1.54) is 49.3 Å². The maximum Gasteiger partial charge on any atom is 0.0619 e. The molecule has 41 heavy (non-hydrogen) atoms. The number of fused-ring (bicyclic) bond motifs is 5. The fraction of sp³-hybridized carbons (Fsp3) is 0.0263. The van der Waals surface area contributed by atoms with Gasteiger partial charge >= 0.3 is 0 Å². The van der Waals surface area contributed by atoms with Crippen LogP contribution in [0.3, 0.4) is 0 Å². The molecule has 1 N–H and O–H groups in total. The van der Waals surface area contributed by atoms with E-state index in [4.69, 9.17) is 0 Å². The zero-order valence-electron chi connectivity index (χ0n) is 22.5. The Balaban J connectivity index is 1.36. The number of rotatable bonds is 4. The number of nitrogens with zero attached hydrogens (tertiary/aromatic N) is 2. The van der Waals surface area contributed by atoms with Crippen molar-refractivity contribution in [2.75, 3.05) is 6.54 Å². The van der Waals surface area contributed by atoms with Gasteiger partial charge in [-0.05, 0) is 70.3 Å². The van der Waals surface area contributed by atoms with Crippen molar-refractivity contribution in [3.8, 4) is 27.9 Å². The molecule has 194 valence electrons. The molecule has 1 aliphatic heterocycles. The van der Waals surface area contributed by atoms with Gasteiger partial charge in [-0.15, -0.1) is 0 Å². The number of dihydropyridines is 1. The quantitative estimate of drug-likeness (QED) is 0.248. The van der Waals surface area contributed by atoms with Gasteiger partial charge in [0.25, 0.3) is 0 Å². The van der Waals surface area contributed by atoms with E-state index >= 15 is 0 Å². The minimum absolute atomic E-state index is 0.833. The molecular weight excluding hydrogens is 498 g/mol. The molecule has 0 saturated carbocycles. The Morgan fingerprint density at radius 1 is 0.585 bits per heavy atom. The fourth-order valence-electron chi connectivity index (χ4n) is 6.09. The molecule has 3 nitrogen and oxygen atoms in total. The number of hydrogen-bond donors (Lipinski definition) is 1. The van der Waals surface area contributed by atoms with Gasteiger partial charge in [0.1, 0.15) is 0 Å². The van der Waals surface area contributed by atoms with Crippen LogP contribution in [0.4, 0.5) is 0 Å². The van der Waals surface area contributed by atoms with Gasteiger partial charge < -0.3 is 9.88 Å². The fourth-order valence-corrected chi connectivity index (χ4v) is 6.09. The second-order valence-electron chi connectivity index (χ2n) is 10.5. The van der Waals surface area contributed by atoms with Gasteiger partial charge in [-0.1, -0.05) is 91.0 Å². The largest absolute Gasteiger partial charge is 0.387 e. The molecule has 0 radical (unpaired) electrons. The third kappa shape index (κ3) is 4.02. The zero-order chi connectivity index (χ0) is 27.2. The Morgan fingerprint density at radius 3 is 2.12 bits per heavy atom. The zero-order valence-corrected chi connectivity index (χ0v) is 22.5. The molecule has 0 aliphatic carbocycles. The Bertz CT molecular complexity index is 2130. The van der Waals surface area contributed by atoms with Crippen LogP contribution in [-0.2, 0) is 0 Å². The summed E-state index contributed by atoms with van der Waals surface area (Å²) in [6.45, 7) is 0.833. The summed E-state index contributed by atoms with van der Waals surface area (Å²) in [5.41, 5.74) is 10.6. The first-order valence-electron chi connectivity index (χ1n) is 14.0. The van der Waals surface area contributed by atoms with E-state index in [1.807, 2.05) is 18.6 Å². The van der Waals surface area contributed by atoms with Crippen molar-refractivity contribution in [3.05, 3.63) is 152 Å². The van der Waals surface area contributed by atoms with Crippen molar-refractivity contribution in [1.82, 2.24) is 14.9 Å². The van der Waals surface area contributed by atoms with E-state index in [0.717, 1.165) is 28.9 Å². The predicted octanol–water partition coefficient (Wildman–Crippen LogP) is 9.17. The summed E-state index contributed by atoms with van der Waals surface area (Å²) in [5, 5.41) is 8.21. The number of nitrogens with one attached hydrogen (secondary N) is 1. The molecule has 3 heterocycles. The summed E-state index contributed by atoms with van der Waals surface area (Å²) in [7, 11) is 0. The highest BCUT2D eigenvalue weighted by molar-refractivity contribution is 6.19. The molecule has 0 bridgehead atoms. The first kappa shape index (κ1) is 23.5. The number of benzene rings is 5. The molecule has 0 atom stereocenters. The highest BCUT2D eigenvalue weighted by Gasteiger charge is 2.17. The lowest BCUT2D eigenvalue weighted by molar-refractivity contribution is 0.975. The van der Waals surface area contributed by atoms with Crippen LogP contribution >= 0.6 is 0 Å². The maximum atomic E-state index is 4.61. The minimum Gasteiger partial charge on any atom is -0.387 e. The molecule has 3 heteroatoms. The first-order valence-corrected chi connectivity index (χ1v) is 14.0. The topological polar surface area (TPSA) is 29.9 Å². The predicted molar refractivity (Wildman–Crippen MR) is 172 cm³/mol. The summed E-state index contributed by atoms with van der Waals surface area (Å²) < 4.78 is 2.42. The van der Waals surface area contributed by atoms with E-state index in [1.54, 1.807) is 0 Å². The van der Waals surface area contributed by atoms with E-state index < -0.39 is 0 Å². The van der Waals surface area contributed by atoms with Crippen molar-refractivity contribution in [3.63, 3.8) is 0 Å². The average Bonchev–Trinajstić information content (AvgIpc) is 3.40. The van der Waals surface area contributed by atoms with Gasteiger partial charge in [0.15, 0.2) is 0 Å². The van der Waals surface area contributed by atoms with Crippen LogP contribution in [0.1, 0.15) is 5.56 Å². The van der Waals surface area contributed by atoms with Crippen LogP contribution in [0.2, 0.25) is 0 Å². The Morgan fingerprint density at radius 2 is 1.32 bits per heavy atom. The molecule has 0 fully saturated rings. The van der Waals surface area contributed by atoms with Crippen molar-refractivity contribution in [2.45, 2.75) is 0 Å². The van der Waals surface area contributed by atoms with Crippen LogP contribution < -0.4 is 5.32 Å². The number of aromatic nitrogens is 2. The highest BCUT2D eigenvalue weighted by Crippen LogP contribution is 2.39. The third-order valence-corrected chi connectivity index (χ3v) is 8.09. The lowest BCUT2D eigenvalue weighted by atomic mass is 9.98. The Hall–Kier alpha value is -5.41. The second-order valence-corrected chi connectivity index (χ2v) is 10.5. The van der Waals surface area contributed by atoms with Gasteiger partial charge in [-0.3, -0.25) is 4.98 Å². The molecule has 0 unspecified atom stereocenters. The van der Waals surface area contributed by atoms with Crippen molar-refractivity contribution in [2.24, 2.45) is 0 Å². The van der Waals surface area contributed by atoms with Gasteiger partial charge in [0.2, 0.25) is 0 Å². The standard InChI is InChI=1S/C38H27N3/c1-3-7-26(8-4-1)28-11-14-34-30(21-28)13-16-36-35-15-12-29(23-37(35)41(38(34)36)33-9-5-2-6-10-33)32-22-31(24-40-25-32)27-17-19-39-20-18-27/h1-19,21-25,39H,20H2. The van der Waals surface area contributed by atoms with Crippen molar-refractivity contribution < 1.29 is 0 Å². The van der Waals surface area contributed by atoms with Gasteiger partial charge in [-0.2, -0.15) is 0 Å². The molecule has 1 aliphatic rings. The highest BCUT2D eigenvalue weighted by atomic mass is 15.0. The number of para-hydroxylation sites is 1. The first-order chi connectivity index (χ1) is 20.3. The number of hydrogen-bond acceptors (Lipinski definition) is 2. The summed E-state index contributed by atoms with van der Waals surface area (Å²) in [6, 6.07) is 41.7. The van der Waals surface area contributed by atoms with E-state index in [9.17, 15) is 0 Å². The monoisotopic (exact) mass is 525 g/mol. The van der Waals surface area contributed by atoms with E-state index in [-0.39, 0.29) is 0 Å².